The zero-order valence-electron chi connectivity index (χ0n) is 13.5. The molecule has 1 aromatic heterocycles. The van der Waals surface area contributed by atoms with Crippen LogP contribution in [0.1, 0.15) is 24.0 Å². The molecule has 7 heteroatoms. The number of nitrogens with zero attached hydrogens (tertiary/aromatic N) is 2. The van der Waals surface area contributed by atoms with Crippen LogP contribution in [-0.2, 0) is 23.1 Å². The van der Waals surface area contributed by atoms with Gasteiger partial charge < -0.3 is 5.32 Å². The van der Waals surface area contributed by atoms with Crippen LogP contribution in [0.25, 0.3) is 0 Å². The summed E-state index contributed by atoms with van der Waals surface area (Å²) in [6, 6.07) is 11.6. The van der Waals surface area contributed by atoms with Crippen LogP contribution in [0, 0.1) is 0 Å². The molecule has 0 amide bonds. The first-order valence-electron chi connectivity index (χ1n) is 8.04. The third-order valence-electron chi connectivity index (χ3n) is 4.17. The Morgan fingerprint density at radius 3 is 2.29 bits per heavy atom. The average molecular weight is 346 g/mol. The Bertz CT molecular complexity index is 767. The van der Waals surface area contributed by atoms with Gasteiger partial charge in [0.1, 0.15) is 10.7 Å². The molecule has 3 N–H and O–H groups in total. The van der Waals surface area contributed by atoms with E-state index in [0.717, 1.165) is 12.1 Å². The third kappa shape index (κ3) is 4.53. The molecule has 0 bridgehead atoms. The van der Waals surface area contributed by atoms with Crippen LogP contribution < -0.4 is 10.5 Å². The number of anilines is 1. The molecule has 0 atom stereocenters. The van der Waals surface area contributed by atoms with E-state index in [1.54, 1.807) is 6.07 Å². The fourth-order valence-corrected chi connectivity index (χ4v) is 3.26. The molecule has 2 heterocycles. The maximum Gasteiger partial charge on any atom is 0.239 e. The highest BCUT2D eigenvalue weighted by Gasteiger charge is 2.11. The topological polar surface area (TPSA) is 88.3 Å². The molecule has 3 rings (SSSR count). The Morgan fingerprint density at radius 2 is 1.71 bits per heavy atom. The number of sulfonamides is 1. The second-order valence-corrected chi connectivity index (χ2v) is 7.64. The van der Waals surface area contributed by atoms with Crippen LogP contribution in [0.2, 0.25) is 0 Å². The van der Waals surface area contributed by atoms with Gasteiger partial charge in [-0.3, -0.25) is 4.90 Å². The molecule has 1 aliphatic heterocycles. The number of hydrogen-bond donors (Lipinski definition) is 2. The van der Waals surface area contributed by atoms with Crippen molar-refractivity contribution in [2.24, 2.45) is 5.14 Å². The van der Waals surface area contributed by atoms with Crippen LogP contribution >= 0.6 is 0 Å². The Balaban J connectivity index is 1.54. The summed E-state index contributed by atoms with van der Waals surface area (Å²) in [5, 5.41) is 8.23. The van der Waals surface area contributed by atoms with Gasteiger partial charge in [-0.2, -0.15) is 0 Å². The maximum absolute atomic E-state index is 11.2. The number of likely N-dealkylation sites (tertiary alicyclic amines) is 1. The van der Waals surface area contributed by atoms with Crippen molar-refractivity contribution in [3.63, 3.8) is 0 Å². The average Bonchev–Trinajstić information content (AvgIpc) is 3.07. The molecule has 0 radical (unpaired) electrons. The zero-order chi connectivity index (χ0) is 17.0. The Kier molecular flexibility index (Phi) is 5.13. The fourth-order valence-electron chi connectivity index (χ4n) is 2.81. The summed E-state index contributed by atoms with van der Waals surface area (Å²) in [6.07, 6.45) is 3.87. The minimum Gasteiger partial charge on any atom is -0.366 e. The first kappa shape index (κ1) is 16.9. The second-order valence-electron chi connectivity index (χ2n) is 6.08. The number of aromatic nitrogens is 1. The predicted molar refractivity (Wildman–Crippen MR) is 93.9 cm³/mol. The Labute approximate surface area is 142 Å². The van der Waals surface area contributed by atoms with Gasteiger partial charge in [-0.25, -0.2) is 18.5 Å². The highest BCUT2D eigenvalue weighted by molar-refractivity contribution is 7.89. The van der Waals surface area contributed by atoms with E-state index >= 15 is 0 Å². The normalized spacial score (nSPS) is 15.5. The zero-order valence-corrected chi connectivity index (χ0v) is 14.3. The highest BCUT2D eigenvalue weighted by Crippen LogP contribution is 2.14. The van der Waals surface area contributed by atoms with E-state index in [0.29, 0.717) is 12.4 Å². The lowest BCUT2D eigenvalue weighted by molar-refractivity contribution is 0.331. The second kappa shape index (κ2) is 7.29. The molecule has 1 aliphatic rings. The largest absolute Gasteiger partial charge is 0.366 e. The summed E-state index contributed by atoms with van der Waals surface area (Å²) >= 11 is 0. The molecule has 1 aromatic carbocycles. The van der Waals surface area contributed by atoms with Crippen LogP contribution in [0.3, 0.4) is 0 Å². The van der Waals surface area contributed by atoms with Gasteiger partial charge in [-0.15, -0.1) is 0 Å². The van der Waals surface area contributed by atoms with Gasteiger partial charge in [0.05, 0.1) is 0 Å². The molecule has 0 saturated carbocycles. The van der Waals surface area contributed by atoms with Crippen molar-refractivity contribution in [2.45, 2.75) is 30.8 Å². The van der Waals surface area contributed by atoms with E-state index < -0.39 is 10.0 Å². The van der Waals surface area contributed by atoms with Crippen molar-refractivity contribution < 1.29 is 8.42 Å². The van der Waals surface area contributed by atoms with Crippen molar-refractivity contribution in [1.29, 1.82) is 0 Å². The predicted octanol–water partition coefficient (Wildman–Crippen LogP) is 1.94. The van der Waals surface area contributed by atoms with Crippen LogP contribution in [0.5, 0.6) is 0 Å². The first-order valence-corrected chi connectivity index (χ1v) is 9.58. The quantitative estimate of drug-likeness (QED) is 0.834. The SMILES string of the molecule is NS(=O)(=O)c1ccc(NCc2ccc(CN3CCCC3)cc2)nc1. The van der Waals surface area contributed by atoms with Gasteiger partial charge in [0.15, 0.2) is 0 Å². The van der Waals surface area contributed by atoms with Crippen molar-refractivity contribution in [2.75, 3.05) is 18.4 Å². The van der Waals surface area contributed by atoms with Crippen LogP contribution in [-0.4, -0.2) is 31.4 Å². The smallest absolute Gasteiger partial charge is 0.239 e. The van der Waals surface area contributed by atoms with Crippen molar-refractivity contribution in [3.05, 3.63) is 53.7 Å². The van der Waals surface area contributed by atoms with Gasteiger partial charge in [0, 0.05) is 19.3 Å². The van der Waals surface area contributed by atoms with Gasteiger partial charge in [0.25, 0.3) is 0 Å². The molecule has 6 nitrogen and oxygen atoms in total. The first-order chi connectivity index (χ1) is 11.5. The fraction of sp³-hybridized carbons (Fsp3) is 0.353. The van der Waals surface area contributed by atoms with E-state index in [-0.39, 0.29) is 4.90 Å². The van der Waals surface area contributed by atoms with E-state index in [2.05, 4.69) is 39.5 Å². The number of primary sulfonamides is 1. The summed E-state index contributed by atoms with van der Waals surface area (Å²) in [6.45, 7) is 4.04. The lowest BCUT2D eigenvalue weighted by Gasteiger charge is -2.14. The summed E-state index contributed by atoms with van der Waals surface area (Å²) in [7, 11) is -3.70. The number of benzene rings is 1. The number of nitrogens with two attached hydrogens (primary N) is 1. The van der Waals surface area contributed by atoms with Gasteiger partial charge in [-0.1, -0.05) is 24.3 Å². The van der Waals surface area contributed by atoms with E-state index in [1.165, 1.54) is 43.8 Å². The van der Waals surface area contributed by atoms with E-state index in [4.69, 9.17) is 5.14 Å². The number of rotatable bonds is 6. The Hall–Kier alpha value is -1.96. The standard InChI is InChI=1S/C17H22N4O2S/c18-24(22,23)16-7-8-17(20-12-16)19-11-14-3-5-15(6-4-14)13-21-9-1-2-10-21/h3-8,12H,1-2,9-11,13H2,(H,19,20)(H2,18,22,23). The molecule has 0 spiro atoms. The summed E-state index contributed by atoms with van der Waals surface area (Å²) in [5.41, 5.74) is 2.48. The minimum atomic E-state index is -3.70. The highest BCUT2D eigenvalue weighted by atomic mass is 32.2. The molecule has 128 valence electrons. The van der Waals surface area contributed by atoms with Crippen molar-refractivity contribution in [1.82, 2.24) is 9.88 Å². The maximum atomic E-state index is 11.2. The third-order valence-corrected chi connectivity index (χ3v) is 5.06. The molecule has 2 aromatic rings. The summed E-state index contributed by atoms with van der Waals surface area (Å²) in [5.74, 6) is 0.614. The van der Waals surface area contributed by atoms with Crippen molar-refractivity contribution in [3.8, 4) is 0 Å². The summed E-state index contributed by atoms with van der Waals surface area (Å²) in [4.78, 5) is 6.56. The Morgan fingerprint density at radius 1 is 1.04 bits per heavy atom. The van der Waals surface area contributed by atoms with Gasteiger partial charge >= 0.3 is 0 Å². The van der Waals surface area contributed by atoms with E-state index in [9.17, 15) is 8.42 Å². The molecule has 0 aliphatic carbocycles. The van der Waals surface area contributed by atoms with Crippen LogP contribution in [0.15, 0.2) is 47.5 Å². The molecule has 0 unspecified atom stereocenters. The lowest BCUT2D eigenvalue weighted by atomic mass is 10.1. The molecular weight excluding hydrogens is 324 g/mol. The number of nitrogens with one attached hydrogen (secondary N) is 1. The minimum absolute atomic E-state index is 0.0133. The van der Waals surface area contributed by atoms with Crippen LogP contribution in [0.4, 0.5) is 5.82 Å². The lowest BCUT2D eigenvalue weighted by Crippen LogP contribution is -2.18. The molecule has 1 saturated heterocycles. The van der Waals surface area contributed by atoms with Gasteiger partial charge in [-0.05, 0) is 49.2 Å². The summed E-state index contributed by atoms with van der Waals surface area (Å²) < 4.78 is 22.4. The van der Waals surface area contributed by atoms with Gasteiger partial charge in [0.2, 0.25) is 10.0 Å². The molecule has 1 fully saturated rings. The molecular formula is C17H22N4O2S. The van der Waals surface area contributed by atoms with Crippen molar-refractivity contribution >= 4 is 15.8 Å². The monoisotopic (exact) mass is 346 g/mol. The number of hydrogen-bond acceptors (Lipinski definition) is 5. The molecule has 24 heavy (non-hydrogen) atoms. The number of pyridine rings is 1. The van der Waals surface area contributed by atoms with E-state index in [1.807, 2.05) is 0 Å².